The van der Waals surface area contributed by atoms with Gasteiger partial charge in [-0.05, 0) is 12.3 Å². The number of piperazine rings is 1. The second kappa shape index (κ2) is 4.48. The molecule has 2 fully saturated rings. The van der Waals surface area contributed by atoms with E-state index in [2.05, 4.69) is 5.32 Å². The predicted octanol–water partition coefficient (Wildman–Crippen LogP) is 1.01. The Morgan fingerprint density at radius 3 is 2.67 bits per heavy atom. The summed E-state index contributed by atoms with van der Waals surface area (Å²) in [5, 5.41) is 2.68. The molecule has 2 atom stereocenters. The van der Waals surface area contributed by atoms with E-state index in [1.54, 1.807) is 0 Å². The number of halogens is 2. The lowest BCUT2D eigenvalue weighted by molar-refractivity contribution is -0.146. The molecule has 0 unspecified atom stereocenters. The summed E-state index contributed by atoms with van der Waals surface area (Å²) in [7, 11) is 0. The van der Waals surface area contributed by atoms with Gasteiger partial charge in [0.05, 0.1) is 0 Å². The molecule has 18 heavy (non-hydrogen) atoms. The molecule has 4 nitrogen and oxygen atoms in total. The van der Waals surface area contributed by atoms with E-state index >= 15 is 0 Å². The minimum Gasteiger partial charge on any atom is -0.353 e. The molecule has 1 aliphatic heterocycles. The maximum atomic E-state index is 12.9. The van der Waals surface area contributed by atoms with Gasteiger partial charge in [-0.1, -0.05) is 13.8 Å². The first-order valence-corrected chi connectivity index (χ1v) is 6.29. The van der Waals surface area contributed by atoms with E-state index in [0.717, 1.165) is 0 Å². The van der Waals surface area contributed by atoms with E-state index < -0.39 is 23.8 Å². The summed E-state index contributed by atoms with van der Waals surface area (Å²) >= 11 is 0. The zero-order valence-electron chi connectivity index (χ0n) is 10.6. The average Bonchev–Trinajstić information content (AvgIpc) is 2.89. The Morgan fingerprint density at radius 2 is 2.17 bits per heavy atom. The largest absolute Gasteiger partial charge is 0.353 e. The summed E-state index contributed by atoms with van der Waals surface area (Å²) < 4.78 is 25.9. The van der Waals surface area contributed by atoms with Gasteiger partial charge < -0.3 is 10.2 Å². The molecule has 1 saturated carbocycles. The van der Waals surface area contributed by atoms with Crippen LogP contribution in [0.15, 0.2) is 0 Å². The fourth-order valence-corrected chi connectivity index (χ4v) is 2.34. The highest BCUT2D eigenvalue weighted by atomic mass is 19.3. The maximum absolute atomic E-state index is 12.9. The van der Waals surface area contributed by atoms with Crippen LogP contribution in [-0.4, -0.2) is 41.8 Å². The van der Waals surface area contributed by atoms with Crippen LogP contribution in [0.25, 0.3) is 0 Å². The number of alkyl halides is 2. The lowest BCUT2D eigenvalue weighted by Crippen LogP contribution is -2.58. The van der Waals surface area contributed by atoms with Crippen molar-refractivity contribution in [2.24, 2.45) is 11.8 Å². The molecule has 2 amide bonds. The van der Waals surface area contributed by atoms with Gasteiger partial charge in [-0.3, -0.25) is 9.59 Å². The molecule has 0 aromatic rings. The molecule has 0 bridgehead atoms. The van der Waals surface area contributed by atoms with E-state index in [0.29, 0.717) is 19.5 Å². The number of rotatable bonds is 3. The van der Waals surface area contributed by atoms with Gasteiger partial charge in [-0.15, -0.1) is 0 Å². The summed E-state index contributed by atoms with van der Waals surface area (Å²) in [6.45, 7) is 4.55. The van der Waals surface area contributed by atoms with Crippen molar-refractivity contribution >= 4 is 11.8 Å². The highest BCUT2D eigenvalue weighted by Crippen LogP contribution is 2.49. The molecular weight excluding hydrogens is 242 g/mol. The van der Waals surface area contributed by atoms with Crippen molar-refractivity contribution in [1.82, 2.24) is 10.2 Å². The van der Waals surface area contributed by atoms with Crippen LogP contribution in [0.2, 0.25) is 0 Å². The van der Waals surface area contributed by atoms with E-state index in [1.165, 1.54) is 4.90 Å². The molecule has 2 aliphatic rings. The molecular formula is C12H18F2N2O2. The fourth-order valence-electron chi connectivity index (χ4n) is 2.34. The molecule has 6 heteroatoms. The van der Waals surface area contributed by atoms with Crippen LogP contribution in [-0.2, 0) is 9.59 Å². The molecule has 0 spiro atoms. The molecule has 0 aromatic heterocycles. The summed E-state index contributed by atoms with van der Waals surface area (Å²) in [4.78, 5) is 25.1. The van der Waals surface area contributed by atoms with Gasteiger partial charge in [0, 0.05) is 19.5 Å². The Hall–Kier alpha value is -1.20. The average molecular weight is 260 g/mol. The SMILES string of the molecule is CC(C)C[C@@H]1C(=O)NCCN1C(=O)[C@H]1CC1(F)F. The number of hydrogen-bond donors (Lipinski definition) is 1. The standard InChI is InChI=1S/C12H18F2N2O2/c1-7(2)5-9-10(17)15-3-4-16(9)11(18)8-6-12(8,13)14/h7-9H,3-6H2,1-2H3,(H,15,17)/t8-,9-/m1/s1. The van der Waals surface area contributed by atoms with Crippen molar-refractivity contribution in [1.29, 1.82) is 0 Å². The lowest BCUT2D eigenvalue weighted by Gasteiger charge is -2.36. The van der Waals surface area contributed by atoms with Crippen molar-refractivity contribution in [2.45, 2.75) is 38.7 Å². The molecule has 0 radical (unpaired) electrons. The van der Waals surface area contributed by atoms with Crippen LogP contribution in [0.1, 0.15) is 26.7 Å². The minimum absolute atomic E-state index is 0.229. The first kappa shape index (κ1) is 13.2. The molecule has 1 N–H and O–H groups in total. The monoisotopic (exact) mass is 260 g/mol. The summed E-state index contributed by atoms with van der Waals surface area (Å²) in [6, 6.07) is -0.595. The quantitative estimate of drug-likeness (QED) is 0.823. The van der Waals surface area contributed by atoms with Gasteiger partial charge in [-0.25, -0.2) is 8.78 Å². The summed E-state index contributed by atoms with van der Waals surface area (Å²) in [5.41, 5.74) is 0. The zero-order chi connectivity index (χ0) is 13.5. The molecule has 1 heterocycles. The van der Waals surface area contributed by atoms with Gasteiger partial charge in [-0.2, -0.15) is 0 Å². The number of carbonyl (C=O) groups excluding carboxylic acids is 2. The number of carbonyl (C=O) groups is 2. The lowest BCUT2D eigenvalue weighted by atomic mass is 9.99. The van der Waals surface area contributed by atoms with E-state index in [4.69, 9.17) is 0 Å². The second-order valence-corrected chi connectivity index (χ2v) is 5.49. The molecule has 1 saturated heterocycles. The number of amides is 2. The van der Waals surface area contributed by atoms with Crippen molar-refractivity contribution in [3.63, 3.8) is 0 Å². The molecule has 1 aliphatic carbocycles. The molecule has 2 rings (SSSR count). The van der Waals surface area contributed by atoms with Crippen molar-refractivity contribution < 1.29 is 18.4 Å². The van der Waals surface area contributed by atoms with Gasteiger partial charge in [0.25, 0.3) is 5.92 Å². The minimum atomic E-state index is -2.87. The molecule has 102 valence electrons. The summed E-state index contributed by atoms with van der Waals surface area (Å²) in [6.07, 6.45) is 0.133. The van der Waals surface area contributed by atoms with Gasteiger partial charge in [0.1, 0.15) is 12.0 Å². The smallest absolute Gasteiger partial charge is 0.260 e. The van der Waals surface area contributed by atoms with Crippen LogP contribution >= 0.6 is 0 Å². The Balaban J connectivity index is 2.08. The van der Waals surface area contributed by atoms with Crippen LogP contribution < -0.4 is 5.32 Å². The maximum Gasteiger partial charge on any atom is 0.260 e. The Bertz CT molecular complexity index is 371. The van der Waals surface area contributed by atoms with Crippen LogP contribution in [0.5, 0.6) is 0 Å². The second-order valence-electron chi connectivity index (χ2n) is 5.49. The number of nitrogens with one attached hydrogen (secondary N) is 1. The van der Waals surface area contributed by atoms with Crippen LogP contribution in [0.3, 0.4) is 0 Å². The topological polar surface area (TPSA) is 49.4 Å². The predicted molar refractivity (Wildman–Crippen MR) is 61.0 cm³/mol. The van der Waals surface area contributed by atoms with Gasteiger partial charge in [0.15, 0.2) is 0 Å². The third-order valence-corrected chi connectivity index (χ3v) is 3.43. The normalized spacial score (nSPS) is 30.3. The Labute approximate surface area is 105 Å². The fraction of sp³-hybridized carbons (Fsp3) is 0.833. The van der Waals surface area contributed by atoms with E-state index in [9.17, 15) is 18.4 Å². The first-order valence-electron chi connectivity index (χ1n) is 6.29. The highest BCUT2D eigenvalue weighted by Gasteiger charge is 2.63. The van der Waals surface area contributed by atoms with E-state index in [1.807, 2.05) is 13.8 Å². The van der Waals surface area contributed by atoms with E-state index in [-0.39, 0.29) is 18.2 Å². The third-order valence-electron chi connectivity index (χ3n) is 3.43. The Morgan fingerprint density at radius 1 is 1.56 bits per heavy atom. The molecule has 0 aromatic carbocycles. The number of hydrogen-bond acceptors (Lipinski definition) is 2. The van der Waals surface area contributed by atoms with Crippen molar-refractivity contribution in [3.8, 4) is 0 Å². The van der Waals surface area contributed by atoms with Crippen molar-refractivity contribution in [3.05, 3.63) is 0 Å². The van der Waals surface area contributed by atoms with Crippen molar-refractivity contribution in [2.75, 3.05) is 13.1 Å². The van der Waals surface area contributed by atoms with Gasteiger partial charge in [0.2, 0.25) is 11.8 Å². The first-order chi connectivity index (χ1) is 8.33. The Kier molecular flexibility index (Phi) is 3.29. The summed E-state index contributed by atoms with van der Waals surface area (Å²) in [5.74, 6) is -4.65. The third kappa shape index (κ3) is 2.47. The zero-order valence-corrected chi connectivity index (χ0v) is 10.6. The van der Waals surface area contributed by atoms with Crippen LogP contribution in [0.4, 0.5) is 8.78 Å². The van der Waals surface area contributed by atoms with Crippen LogP contribution in [0, 0.1) is 11.8 Å². The highest BCUT2D eigenvalue weighted by molar-refractivity contribution is 5.91. The van der Waals surface area contributed by atoms with Gasteiger partial charge >= 0.3 is 0 Å². The number of nitrogens with zero attached hydrogens (tertiary/aromatic N) is 1.